The molecule has 0 aliphatic carbocycles. The van der Waals surface area contributed by atoms with Gasteiger partial charge in [0.25, 0.3) is 0 Å². The molecule has 1 aliphatic rings. The predicted octanol–water partition coefficient (Wildman–Crippen LogP) is 1.95. The maximum absolute atomic E-state index is 11.8. The zero-order valence-electron chi connectivity index (χ0n) is 6.19. The van der Waals surface area contributed by atoms with Gasteiger partial charge in [-0.3, -0.25) is 0 Å². The second-order valence-electron chi connectivity index (χ2n) is 2.93. The minimum atomic E-state index is -3.98. The lowest BCUT2D eigenvalue weighted by atomic mass is 9.94. The van der Waals surface area contributed by atoms with Crippen LogP contribution < -0.4 is 5.32 Å². The normalized spacial score (nSPS) is 22.1. The first-order chi connectivity index (χ1) is 5.08. The van der Waals surface area contributed by atoms with E-state index in [1.54, 1.807) is 0 Å². The summed E-state index contributed by atoms with van der Waals surface area (Å²) >= 11 is 0. The molecule has 0 unspecified atom stereocenters. The van der Waals surface area contributed by atoms with E-state index in [4.69, 9.17) is 0 Å². The van der Waals surface area contributed by atoms with Gasteiger partial charge < -0.3 is 0 Å². The second-order valence-corrected chi connectivity index (χ2v) is 2.93. The number of nitrogens with zero attached hydrogens (tertiary/aromatic N) is 1. The highest BCUT2D eigenvalue weighted by Crippen LogP contribution is 2.29. The Bertz CT molecular complexity index is 115. The molecule has 65 valence electrons. The molecule has 1 radical (unpaired) electrons. The first kappa shape index (κ1) is 8.84. The Hall–Kier alpha value is -0.250. The molecule has 0 saturated carbocycles. The molecule has 1 nitrogen and oxygen atoms in total. The standard InChI is InChI=1S/C7H11F3N/c8-7(9,10)5-6-1-3-11-4-2-6/h6H,1-5H2. The van der Waals surface area contributed by atoms with Crippen molar-refractivity contribution < 1.29 is 13.2 Å². The fraction of sp³-hybridized carbons (Fsp3) is 1.00. The minimum Gasteiger partial charge on any atom is -0.242 e. The summed E-state index contributed by atoms with van der Waals surface area (Å²) in [6.07, 6.45) is -3.39. The summed E-state index contributed by atoms with van der Waals surface area (Å²) in [6, 6.07) is 0. The van der Waals surface area contributed by atoms with Crippen molar-refractivity contribution in [2.24, 2.45) is 5.92 Å². The molecule has 1 heterocycles. The molecule has 1 rings (SSSR count). The van der Waals surface area contributed by atoms with Gasteiger partial charge in [-0.2, -0.15) is 13.2 Å². The van der Waals surface area contributed by atoms with E-state index in [0.717, 1.165) is 0 Å². The molecular formula is C7H11F3N. The summed E-state index contributed by atoms with van der Waals surface area (Å²) in [5.74, 6) is -0.174. The number of halogens is 3. The van der Waals surface area contributed by atoms with Gasteiger partial charge in [-0.25, -0.2) is 5.32 Å². The molecule has 11 heavy (non-hydrogen) atoms. The largest absolute Gasteiger partial charge is 0.389 e. The molecule has 0 atom stereocenters. The van der Waals surface area contributed by atoms with Crippen LogP contribution in [0.1, 0.15) is 19.3 Å². The van der Waals surface area contributed by atoms with Crippen molar-refractivity contribution in [2.75, 3.05) is 13.1 Å². The van der Waals surface area contributed by atoms with Crippen LogP contribution in [0.3, 0.4) is 0 Å². The molecule has 0 bridgehead atoms. The van der Waals surface area contributed by atoms with Gasteiger partial charge in [-0.15, -0.1) is 0 Å². The van der Waals surface area contributed by atoms with Crippen LogP contribution in [0.4, 0.5) is 13.2 Å². The third-order valence-electron chi connectivity index (χ3n) is 1.91. The zero-order valence-corrected chi connectivity index (χ0v) is 6.19. The first-order valence-corrected chi connectivity index (χ1v) is 3.78. The Morgan fingerprint density at radius 1 is 1.18 bits per heavy atom. The molecule has 4 heteroatoms. The van der Waals surface area contributed by atoms with E-state index in [0.29, 0.717) is 25.9 Å². The highest BCUT2D eigenvalue weighted by Gasteiger charge is 2.32. The van der Waals surface area contributed by atoms with Crippen molar-refractivity contribution in [1.82, 2.24) is 5.32 Å². The summed E-state index contributed by atoms with van der Waals surface area (Å²) in [4.78, 5) is 0. The van der Waals surface area contributed by atoms with Crippen LogP contribution in [-0.2, 0) is 0 Å². The Morgan fingerprint density at radius 3 is 2.18 bits per heavy atom. The van der Waals surface area contributed by atoms with Crippen molar-refractivity contribution in [3.8, 4) is 0 Å². The second kappa shape index (κ2) is 3.43. The van der Waals surface area contributed by atoms with E-state index in [1.165, 1.54) is 0 Å². The van der Waals surface area contributed by atoms with Gasteiger partial charge in [0.05, 0.1) is 0 Å². The molecule has 1 fully saturated rings. The molecular weight excluding hydrogens is 155 g/mol. The van der Waals surface area contributed by atoms with Crippen LogP contribution in [0.2, 0.25) is 0 Å². The lowest BCUT2D eigenvalue weighted by Gasteiger charge is -2.22. The SMILES string of the molecule is FC(F)(F)CC1CC[N]CC1. The van der Waals surface area contributed by atoms with E-state index in [9.17, 15) is 13.2 Å². The van der Waals surface area contributed by atoms with Crippen molar-refractivity contribution in [2.45, 2.75) is 25.4 Å². The molecule has 0 aromatic carbocycles. The number of hydrogen-bond acceptors (Lipinski definition) is 0. The van der Waals surface area contributed by atoms with Crippen LogP contribution in [-0.4, -0.2) is 19.3 Å². The summed E-state index contributed by atoms with van der Waals surface area (Å²) in [5.41, 5.74) is 0. The van der Waals surface area contributed by atoms with E-state index >= 15 is 0 Å². The van der Waals surface area contributed by atoms with Crippen molar-refractivity contribution in [3.63, 3.8) is 0 Å². The van der Waals surface area contributed by atoms with Gasteiger partial charge in [0.1, 0.15) is 0 Å². The van der Waals surface area contributed by atoms with Crippen molar-refractivity contribution >= 4 is 0 Å². The van der Waals surface area contributed by atoms with Gasteiger partial charge in [0.2, 0.25) is 0 Å². The average Bonchev–Trinajstić information content (AvgIpc) is 1.85. The monoisotopic (exact) mass is 166 g/mol. The molecule has 1 aliphatic heterocycles. The average molecular weight is 166 g/mol. The van der Waals surface area contributed by atoms with Crippen LogP contribution in [0.15, 0.2) is 0 Å². The molecule has 1 saturated heterocycles. The lowest BCUT2D eigenvalue weighted by Crippen LogP contribution is -2.26. The topological polar surface area (TPSA) is 14.1 Å². The summed E-state index contributed by atoms with van der Waals surface area (Å²) in [7, 11) is 0. The minimum absolute atomic E-state index is 0.174. The van der Waals surface area contributed by atoms with Gasteiger partial charge in [-0.1, -0.05) is 0 Å². The predicted molar refractivity (Wildman–Crippen MR) is 35.3 cm³/mol. The van der Waals surface area contributed by atoms with Crippen molar-refractivity contribution in [1.29, 1.82) is 0 Å². The van der Waals surface area contributed by atoms with Crippen molar-refractivity contribution in [3.05, 3.63) is 0 Å². The highest BCUT2D eigenvalue weighted by molar-refractivity contribution is 4.70. The maximum Gasteiger partial charge on any atom is 0.389 e. The van der Waals surface area contributed by atoms with E-state index in [1.807, 2.05) is 0 Å². The van der Waals surface area contributed by atoms with E-state index < -0.39 is 12.6 Å². The molecule has 0 amide bonds. The maximum atomic E-state index is 11.8. The number of rotatable bonds is 1. The lowest BCUT2D eigenvalue weighted by molar-refractivity contribution is -0.146. The fourth-order valence-electron chi connectivity index (χ4n) is 1.34. The van der Waals surface area contributed by atoms with Crippen LogP contribution in [0.25, 0.3) is 0 Å². The quantitative estimate of drug-likeness (QED) is 0.565. The third kappa shape index (κ3) is 3.60. The summed E-state index contributed by atoms with van der Waals surface area (Å²) in [5, 5.41) is 3.99. The van der Waals surface area contributed by atoms with Gasteiger partial charge >= 0.3 is 6.18 Å². The summed E-state index contributed by atoms with van der Waals surface area (Å²) in [6.45, 7) is 1.22. The van der Waals surface area contributed by atoms with E-state index in [-0.39, 0.29) is 5.92 Å². The smallest absolute Gasteiger partial charge is 0.242 e. The molecule has 0 N–H and O–H groups in total. The third-order valence-corrected chi connectivity index (χ3v) is 1.91. The molecule has 0 aromatic heterocycles. The van der Waals surface area contributed by atoms with E-state index in [2.05, 4.69) is 5.32 Å². The van der Waals surface area contributed by atoms with Gasteiger partial charge in [0, 0.05) is 19.5 Å². The number of alkyl halides is 3. The summed E-state index contributed by atoms with van der Waals surface area (Å²) < 4.78 is 35.4. The highest BCUT2D eigenvalue weighted by atomic mass is 19.4. The first-order valence-electron chi connectivity index (χ1n) is 3.78. The van der Waals surface area contributed by atoms with Gasteiger partial charge in [0.15, 0.2) is 0 Å². The van der Waals surface area contributed by atoms with Crippen LogP contribution >= 0.6 is 0 Å². The van der Waals surface area contributed by atoms with Crippen LogP contribution in [0.5, 0.6) is 0 Å². The Morgan fingerprint density at radius 2 is 1.73 bits per heavy atom. The molecule has 0 spiro atoms. The Balaban J connectivity index is 2.24. The van der Waals surface area contributed by atoms with Gasteiger partial charge in [-0.05, 0) is 18.8 Å². The Kier molecular flexibility index (Phi) is 2.76. The number of hydrogen-bond donors (Lipinski definition) is 0. The molecule has 0 aromatic rings. The fourth-order valence-corrected chi connectivity index (χ4v) is 1.34. The zero-order chi connectivity index (χ0) is 8.32. The van der Waals surface area contributed by atoms with Crippen LogP contribution in [0, 0.1) is 5.92 Å². The Labute approximate surface area is 64.0 Å². The number of piperidine rings is 1.